The molecule has 1 fully saturated rings. The molecule has 0 spiro atoms. The van der Waals surface area contributed by atoms with Gasteiger partial charge >= 0.3 is 0 Å². The third-order valence-corrected chi connectivity index (χ3v) is 7.58. The number of sulfonamides is 1. The molecule has 36 heavy (non-hydrogen) atoms. The number of carbonyl (C=O) groups is 3. The summed E-state index contributed by atoms with van der Waals surface area (Å²) in [4.78, 5) is 36.8. The molecule has 2 aromatic carbocycles. The highest BCUT2D eigenvalue weighted by Gasteiger charge is 2.27. The molecule has 1 aliphatic heterocycles. The van der Waals surface area contributed by atoms with Gasteiger partial charge in [0.1, 0.15) is 0 Å². The fourth-order valence-electron chi connectivity index (χ4n) is 3.71. The quantitative estimate of drug-likeness (QED) is 0.378. The maximum absolute atomic E-state index is 12.6. The lowest BCUT2D eigenvalue weighted by Gasteiger charge is -2.15. The van der Waals surface area contributed by atoms with Crippen LogP contribution in [0.15, 0.2) is 76.2 Å². The topological polar surface area (TPSA) is 138 Å². The average Bonchev–Trinajstić information content (AvgIpc) is 3.62. The Kier molecular flexibility index (Phi) is 7.81. The summed E-state index contributed by atoms with van der Waals surface area (Å²) in [6.07, 6.45) is 3.11. The van der Waals surface area contributed by atoms with Crippen LogP contribution in [0.4, 0.5) is 5.69 Å². The summed E-state index contributed by atoms with van der Waals surface area (Å²) in [6, 6.07) is 15.3. The first-order valence-corrected chi connectivity index (χ1v) is 12.9. The number of nitrogens with zero attached hydrogens (tertiary/aromatic N) is 1. The number of benzene rings is 2. The predicted octanol–water partition coefficient (Wildman–Crippen LogP) is 2.48. The molecule has 3 aromatic rings. The van der Waals surface area contributed by atoms with Crippen molar-refractivity contribution in [1.82, 2.24) is 14.9 Å². The number of hydrogen-bond donors (Lipinski definition) is 3. The number of amides is 3. The van der Waals surface area contributed by atoms with Crippen molar-refractivity contribution in [2.24, 2.45) is 0 Å². The number of furan rings is 1. The molecular weight excluding hydrogens is 484 g/mol. The van der Waals surface area contributed by atoms with E-state index in [9.17, 15) is 22.8 Å². The third-order valence-electron chi connectivity index (χ3n) is 5.67. The SMILES string of the molecule is O=C(NCCNC(=O)c1ccco1)c1ccc(NC(=O)c2ccc(S(=O)(=O)N3CCCC3)cc2)cc1. The molecule has 11 heteroatoms. The van der Waals surface area contributed by atoms with Crippen LogP contribution in [0.3, 0.4) is 0 Å². The Hall–Kier alpha value is -3.96. The van der Waals surface area contributed by atoms with Gasteiger partial charge in [0, 0.05) is 43.0 Å². The zero-order valence-corrected chi connectivity index (χ0v) is 20.2. The smallest absolute Gasteiger partial charge is 0.287 e. The molecule has 0 saturated carbocycles. The van der Waals surface area contributed by atoms with E-state index in [0.717, 1.165) is 12.8 Å². The summed E-state index contributed by atoms with van der Waals surface area (Å²) in [6.45, 7) is 1.49. The largest absolute Gasteiger partial charge is 0.459 e. The Morgan fingerprint density at radius 1 is 0.778 bits per heavy atom. The van der Waals surface area contributed by atoms with E-state index in [2.05, 4.69) is 16.0 Å². The van der Waals surface area contributed by atoms with Gasteiger partial charge in [-0.15, -0.1) is 0 Å². The molecule has 188 valence electrons. The van der Waals surface area contributed by atoms with Gasteiger partial charge in [0.2, 0.25) is 10.0 Å². The van der Waals surface area contributed by atoms with E-state index in [-0.39, 0.29) is 35.6 Å². The summed E-state index contributed by atoms with van der Waals surface area (Å²) in [5, 5.41) is 8.06. The molecular formula is C25H26N4O6S. The summed E-state index contributed by atoms with van der Waals surface area (Å²) in [5.41, 5.74) is 1.19. The van der Waals surface area contributed by atoms with Crippen LogP contribution in [0.2, 0.25) is 0 Å². The maximum Gasteiger partial charge on any atom is 0.287 e. The molecule has 4 rings (SSSR count). The molecule has 2 heterocycles. The molecule has 0 atom stereocenters. The first-order valence-electron chi connectivity index (χ1n) is 11.5. The summed E-state index contributed by atoms with van der Waals surface area (Å²) < 4.78 is 31.7. The van der Waals surface area contributed by atoms with Crippen LogP contribution in [-0.4, -0.2) is 56.6 Å². The second kappa shape index (κ2) is 11.2. The van der Waals surface area contributed by atoms with Gasteiger partial charge in [0.15, 0.2) is 5.76 Å². The van der Waals surface area contributed by atoms with Gasteiger partial charge in [0.05, 0.1) is 11.2 Å². The molecule has 0 unspecified atom stereocenters. The van der Waals surface area contributed by atoms with Gasteiger partial charge in [-0.05, 0) is 73.5 Å². The van der Waals surface area contributed by atoms with E-state index in [1.807, 2.05) is 0 Å². The molecule has 0 bridgehead atoms. The lowest BCUT2D eigenvalue weighted by Crippen LogP contribution is -2.34. The van der Waals surface area contributed by atoms with E-state index in [1.165, 1.54) is 34.8 Å². The lowest BCUT2D eigenvalue weighted by atomic mass is 10.1. The first-order chi connectivity index (χ1) is 17.3. The molecule has 1 aliphatic rings. The van der Waals surface area contributed by atoms with Gasteiger partial charge in [-0.3, -0.25) is 14.4 Å². The van der Waals surface area contributed by atoms with E-state index < -0.39 is 15.9 Å². The minimum Gasteiger partial charge on any atom is -0.459 e. The van der Waals surface area contributed by atoms with Crippen molar-refractivity contribution in [2.45, 2.75) is 17.7 Å². The number of carbonyl (C=O) groups excluding carboxylic acids is 3. The fraction of sp³-hybridized carbons (Fsp3) is 0.240. The maximum atomic E-state index is 12.6. The highest BCUT2D eigenvalue weighted by atomic mass is 32.2. The standard InChI is InChI=1S/C25H26N4O6S/c30-23(26-13-14-27-25(32)22-4-3-17-35-22)18-5-9-20(10-6-18)28-24(31)19-7-11-21(12-8-19)36(33,34)29-15-1-2-16-29/h3-12,17H,1-2,13-16H2,(H,26,30)(H,27,32)(H,28,31). The summed E-state index contributed by atoms with van der Waals surface area (Å²) >= 11 is 0. The average molecular weight is 511 g/mol. The van der Waals surface area contributed by atoms with Crippen molar-refractivity contribution in [2.75, 3.05) is 31.5 Å². The Bertz CT molecular complexity index is 1310. The Morgan fingerprint density at radius 3 is 1.97 bits per heavy atom. The van der Waals surface area contributed by atoms with Gasteiger partial charge in [0.25, 0.3) is 17.7 Å². The zero-order valence-electron chi connectivity index (χ0n) is 19.4. The second-order valence-corrected chi connectivity index (χ2v) is 10.1. The van der Waals surface area contributed by atoms with Crippen molar-refractivity contribution in [3.8, 4) is 0 Å². The van der Waals surface area contributed by atoms with Crippen molar-refractivity contribution in [3.05, 3.63) is 83.8 Å². The Labute approximate surface area is 208 Å². The molecule has 3 amide bonds. The van der Waals surface area contributed by atoms with Crippen LogP contribution in [-0.2, 0) is 10.0 Å². The molecule has 3 N–H and O–H groups in total. The zero-order chi connectivity index (χ0) is 25.5. The number of anilines is 1. The third kappa shape index (κ3) is 5.99. The van der Waals surface area contributed by atoms with E-state index >= 15 is 0 Å². The van der Waals surface area contributed by atoms with Crippen molar-refractivity contribution in [3.63, 3.8) is 0 Å². The summed E-state index contributed by atoms with van der Waals surface area (Å²) in [7, 11) is -3.54. The van der Waals surface area contributed by atoms with Crippen molar-refractivity contribution >= 4 is 33.4 Å². The molecule has 0 radical (unpaired) electrons. The fourth-order valence-corrected chi connectivity index (χ4v) is 5.23. The van der Waals surface area contributed by atoms with E-state index in [4.69, 9.17) is 4.42 Å². The lowest BCUT2D eigenvalue weighted by molar-refractivity contribution is 0.0910. The van der Waals surface area contributed by atoms with Crippen LogP contribution in [0.25, 0.3) is 0 Å². The monoisotopic (exact) mass is 510 g/mol. The number of hydrogen-bond acceptors (Lipinski definition) is 6. The van der Waals surface area contributed by atoms with Gasteiger partial charge in [-0.2, -0.15) is 4.31 Å². The van der Waals surface area contributed by atoms with E-state index in [0.29, 0.717) is 29.9 Å². The van der Waals surface area contributed by atoms with Crippen LogP contribution in [0.1, 0.15) is 44.1 Å². The molecule has 0 aliphatic carbocycles. The number of nitrogens with one attached hydrogen (secondary N) is 3. The Balaban J connectivity index is 1.26. The number of rotatable bonds is 9. The van der Waals surface area contributed by atoms with Crippen molar-refractivity contribution in [1.29, 1.82) is 0 Å². The first kappa shape index (κ1) is 25.1. The second-order valence-electron chi connectivity index (χ2n) is 8.16. The summed E-state index contributed by atoms with van der Waals surface area (Å²) in [5.74, 6) is -0.890. The van der Waals surface area contributed by atoms with Crippen LogP contribution < -0.4 is 16.0 Å². The van der Waals surface area contributed by atoms with Gasteiger partial charge in [-0.25, -0.2) is 8.42 Å². The van der Waals surface area contributed by atoms with E-state index in [1.54, 1.807) is 36.4 Å². The van der Waals surface area contributed by atoms with Crippen LogP contribution in [0, 0.1) is 0 Å². The Morgan fingerprint density at radius 2 is 1.36 bits per heavy atom. The normalized spacial score (nSPS) is 13.8. The van der Waals surface area contributed by atoms with Crippen LogP contribution >= 0.6 is 0 Å². The minimum absolute atomic E-state index is 0.164. The van der Waals surface area contributed by atoms with Crippen LogP contribution in [0.5, 0.6) is 0 Å². The predicted molar refractivity (Wildman–Crippen MR) is 132 cm³/mol. The molecule has 1 saturated heterocycles. The minimum atomic E-state index is -3.54. The molecule has 1 aromatic heterocycles. The highest BCUT2D eigenvalue weighted by Crippen LogP contribution is 2.21. The van der Waals surface area contributed by atoms with Crippen molar-refractivity contribution < 1.29 is 27.2 Å². The molecule has 10 nitrogen and oxygen atoms in total. The van der Waals surface area contributed by atoms with Gasteiger partial charge in [-0.1, -0.05) is 0 Å². The highest BCUT2D eigenvalue weighted by molar-refractivity contribution is 7.89. The van der Waals surface area contributed by atoms with Gasteiger partial charge < -0.3 is 20.4 Å².